The van der Waals surface area contributed by atoms with E-state index in [0.29, 0.717) is 5.56 Å². The molecular weight excluding hydrogens is 228 g/mol. The number of rotatable bonds is 2. The highest BCUT2D eigenvalue weighted by atomic mass is 16.5. The molecule has 0 atom stereocenters. The lowest BCUT2D eigenvalue weighted by molar-refractivity contribution is 0.104. The van der Waals surface area contributed by atoms with Crippen LogP contribution in [0.4, 0.5) is 0 Å². The van der Waals surface area contributed by atoms with Crippen molar-refractivity contribution in [3.8, 4) is 11.5 Å². The summed E-state index contributed by atoms with van der Waals surface area (Å²) in [4.78, 5) is 11.9. The van der Waals surface area contributed by atoms with Gasteiger partial charge in [-0.2, -0.15) is 0 Å². The summed E-state index contributed by atoms with van der Waals surface area (Å²) in [5.74, 6) is 1.55. The molecule has 0 aromatic heterocycles. The van der Waals surface area contributed by atoms with Crippen molar-refractivity contribution in [2.24, 2.45) is 0 Å². The van der Waals surface area contributed by atoms with Crippen LogP contribution in [0.5, 0.6) is 11.5 Å². The molecule has 18 heavy (non-hydrogen) atoms. The smallest absolute Gasteiger partial charge is 0.186 e. The molecule has 0 saturated heterocycles. The lowest BCUT2D eigenvalue weighted by Gasteiger charge is -2.16. The Hall–Kier alpha value is -2.29. The number of allylic oxidation sites excluding steroid dienone is 1. The van der Waals surface area contributed by atoms with Crippen LogP contribution in [0.2, 0.25) is 0 Å². The molecule has 0 N–H and O–H groups in total. The van der Waals surface area contributed by atoms with Crippen LogP contribution in [0.1, 0.15) is 15.9 Å². The van der Waals surface area contributed by atoms with Crippen molar-refractivity contribution in [3.05, 3.63) is 41.5 Å². The van der Waals surface area contributed by atoms with Gasteiger partial charge in [0.15, 0.2) is 5.78 Å². The lowest BCUT2D eigenvalue weighted by Crippen LogP contribution is -2.03. The molecule has 2 aromatic carbocycles. The van der Waals surface area contributed by atoms with Gasteiger partial charge in [0.2, 0.25) is 0 Å². The minimum absolute atomic E-state index is 0.0170. The largest absolute Gasteiger partial charge is 0.496 e. The molecule has 1 aliphatic carbocycles. The van der Waals surface area contributed by atoms with Gasteiger partial charge in [-0.3, -0.25) is 4.79 Å². The molecule has 1 aliphatic rings. The molecule has 0 amide bonds. The first kappa shape index (κ1) is 10.8. The third-order valence-electron chi connectivity index (χ3n) is 3.25. The van der Waals surface area contributed by atoms with Crippen LogP contribution >= 0.6 is 0 Å². The fraction of sp³-hybridized carbons (Fsp3) is 0.133. The summed E-state index contributed by atoms with van der Waals surface area (Å²) in [5.41, 5.74) is 1.63. The maximum Gasteiger partial charge on any atom is 0.186 e. The second-order valence-electron chi connectivity index (χ2n) is 4.12. The molecule has 3 heteroatoms. The zero-order valence-electron chi connectivity index (χ0n) is 10.2. The Morgan fingerprint density at radius 2 is 1.61 bits per heavy atom. The Bertz CT molecular complexity index is 684. The average molecular weight is 240 g/mol. The number of carbonyl (C=O) groups is 1. The van der Waals surface area contributed by atoms with E-state index < -0.39 is 0 Å². The molecule has 0 unspecified atom stereocenters. The standard InChI is InChI=1S/C15H12O3/c1-17-13-7-4-9-12(16)6-3-10-14(18-2)8-5-11(13)15(9)10/h3-8H,1-2H3. The van der Waals surface area contributed by atoms with Crippen LogP contribution in [0.3, 0.4) is 0 Å². The van der Waals surface area contributed by atoms with E-state index in [1.54, 1.807) is 32.4 Å². The zero-order valence-corrected chi connectivity index (χ0v) is 10.2. The maximum absolute atomic E-state index is 11.9. The molecular formula is C15H12O3. The van der Waals surface area contributed by atoms with Crippen molar-refractivity contribution in [1.82, 2.24) is 0 Å². The van der Waals surface area contributed by atoms with Gasteiger partial charge >= 0.3 is 0 Å². The number of carbonyl (C=O) groups excluding carboxylic acids is 1. The van der Waals surface area contributed by atoms with Crippen LogP contribution in [-0.2, 0) is 0 Å². The van der Waals surface area contributed by atoms with Gasteiger partial charge < -0.3 is 9.47 Å². The Balaban J connectivity index is 2.49. The Kier molecular flexibility index (Phi) is 2.33. The molecule has 0 bridgehead atoms. The molecule has 0 heterocycles. The molecule has 0 aliphatic heterocycles. The fourth-order valence-corrected chi connectivity index (χ4v) is 2.40. The number of ether oxygens (including phenoxy) is 2. The molecule has 0 fully saturated rings. The first-order valence-corrected chi connectivity index (χ1v) is 5.66. The molecule has 3 rings (SSSR count). The van der Waals surface area contributed by atoms with Gasteiger partial charge in [-0.15, -0.1) is 0 Å². The lowest BCUT2D eigenvalue weighted by atomic mass is 9.91. The van der Waals surface area contributed by atoms with E-state index in [1.165, 1.54) is 0 Å². The van der Waals surface area contributed by atoms with Crippen molar-refractivity contribution in [1.29, 1.82) is 0 Å². The second-order valence-corrected chi connectivity index (χ2v) is 4.12. The summed E-state index contributed by atoms with van der Waals surface area (Å²) in [6.07, 6.45) is 3.38. The van der Waals surface area contributed by atoms with Gasteiger partial charge in [-0.25, -0.2) is 0 Å². The van der Waals surface area contributed by atoms with Gasteiger partial charge in [-0.1, -0.05) is 0 Å². The summed E-state index contributed by atoms with van der Waals surface area (Å²) in [6.45, 7) is 0. The predicted octanol–water partition coefficient (Wildman–Crippen LogP) is 3.07. The van der Waals surface area contributed by atoms with E-state index in [2.05, 4.69) is 0 Å². The molecule has 2 aromatic rings. The summed E-state index contributed by atoms with van der Waals surface area (Å²) < 4.78 is 10.7. The maximum atomic E-state index is 11.9. The van der Waals surface area contributed by atoms with Gasteiger partial charge in [0.25, 0.3) is 0 Å². The SMILES string of the molecule is COc1ccc2c(OC)ccc3c2c1C=CC3=O. The van der Waals surface area contributed by atoms with Gasteiger partial charge in [0, 0.05) is 21.9 Å². The molecule has 3 nitrogen and oxygen atoms in total. The van der Waals surface area contributed by atoms with Crippen molar-refractivity contribution in [2.75, 3.05) is 14.2 Å². The van der Waals surface area contributed by atoms with Crippen molar-refractivity contribution < 1.29 is 14.3 Å². The van der Waals surface area contributed by atoms with Crippen molar-refractivity contribution in [2.45, 2.75) is 0 Å². The van der Waals surface area contributed by atoms with Crippen LogP contribution in [0, 0.1) is 0 Å². The third-order valence-corrected chi connectivity index (χ3v) is 3.25. The predicted molar refractivity (Wildman–Crippen MR) is 70.4 cm³/mol. The first-order valence-electron chi connectivity index (χ1n) is 5.66. The quantitative estimate of drug-likeness (QED) is 0.809. The summed E-state index contributed by atoms with van der Waals surface area (Å²) >= 11 is 0. The number of hydrogen-bond donors (Lipinski definition) is 0. The minimum Gasteiger partial charge on any atom is -0.496 e. The van der Waals surface area contributed by atoms with Crippen LogP contribution in [-0.4, -0.2) is 20.0 Å². The number of benzene rings is 2. The van der Waals surface area contributed by atoms with E-state index in [0.717, 1.165) is 27.8 Å². The Morgan fingerprint density at radius 1 is 0.889 bits per heavy atom. The second kappa shape index (κ2) is 3.88. The Labute approximate surface area is 105 Å². The fourth-order valence-electron chi connectivity index (χ4n) is 2.40. The van der Waals surface area contributed by atoms with E-state index in [4.69, 9.17) is 9.47 Å². The minimum atomic E-state index is 0.0170. The third kappa shape index (κ3) is 1.34. The monoisotopic (exact) mass is 240 g/mol. The van der Waals surface area contributed by atoms with Crippen molar-refractivity contribution >= 4 is 22.6 Å². The van der Waals surface area contributed by atoms with Crippen LogP contribution in [0.25, 0.3) is 16.8 Å². The van der Waals surface area contributed by atoms with Crippen molar-refractivity contribution in [3.63, 3.8) is 0 Å². The molecule has 90 valence electrons. The van der Waals surface area contributed by atoms with Crippen LogP contribution in [0.15, 0.2) is 30.3 Å². The van der Waals surface area contributed by atoms with E-state index in [-0.39, 0.29) is 5.78 Å². The first-order chi connectivity index (χ1) is 8.76. The summed E-state index contributed by atoms with van der Waals surface area (Å²) in [6, 6.07) is 7.44. The summed E-state index contributed by atoms with van der Waals surface area (Å²) in [7, 11) is 3.25. The topological polar surface area (TPSA) is 35.5 Å². The highest BCUT2D eigenvalue weighted by Gasteiger charge is 2.19. The van der Waals surface area contributed by atoms with Gasteiger partial charge in [0.05, 0.1) is 14.2 Å². The number of methoxy groups -OCH3 is 2. The van der Waals surface area contributed by atoms with E-state index >= 15 is 0 Å². The van der Waals surface area contributed by atoms with Gasteiger partial charge in [-0.05, 0) is 36.4 Å². The van der Waals surface area contributed by atoms with E-state index in [9.17, 15) is 4.79 Å². The van der Waals surface area contributed by atoms with Gasteiger partial charge in [0.1, 0.15) is 11.5 Å². The Morgan fingerprint density at radius 3 is 2.33 bits per heavy atom. The highest BCUT2D eigenvalue weighted by Crippen LogP contribution is 2.38. The molecule has 0 saturated carbocycles. The normalized spacial score (nSPS) is 12.9. The summed E-state index contributed by atoms with van der Waals surface area (Å²) in [5, 5.41) is 1.84. The highest BCUT2D eigenvalue weighted by molar-refractivity contribution is 6.21. The average Bonchev–Trinajstić information content (AvgIpc) is 2.42. The number of hydrogen-bond acceptors (Lipinski definition) is 3. The zero-order chi connectivity index (χ0) is 12.7. The van der Waals surface area contributed by atoms with E-state index in [1.807, 2.05) is 18.2 Å². The van der Waals surface area contributed by atoms with Crippen LogP contribution < -0.4 is 9.47 Å². The molecule has 0 spiro atoms. The molecule has 0 radical (unpaired) electrons. The number of ketones is 1.